The van der Waals surface area contributed by atoms with E-state index in [0.29, 0.717) is 10.9 Å². The molecule has 0 saturated heterocycles. The van der Waals surface area contributed by atoms with Crippen molar-refractivity contribution in [2.45, 2.75) is 6.54 Å². The van der Waals surface area contributed by atoms with E-state index in [4.69, 9.17) is 5.11 Å². The summed E-state index contributed by atoms with van der Waals surface area (Å²) in [7, 11) is 0. The fraction of sp³-hybridized carbons (Fsp3) is 0.133. The Morgan fingerprint density at radius 2 is 2.09 bits per heavy atom. The van der Waals surface area contributed by atoms with E-state index < -0.39 is 29.5 Å². The van der Waals surface area contributed by atoms with Gasteiger partial charge in [-0.15, -0.1) is 0 Å². The van der Waals surface area contributed by atoms with Gasteiger partial charge in [-0.1, -0.05) is 0 Å². The van der Waals surface area contributed by atoms with Crippen LogP contribution >= 0.6 is 0 Å². The number of pyridine rings is 2. The Labute approximate surface area is 122 Å². The lowest BCUT2D eigenvalue weighted by molar-refractivity contribution is 0.0694. The molecule has 0 bridgehead atoms. The maximum Gasteiger partial charge on any atom is 0.341 e. The minimum absolute atomic E-state index is 0.0199. The topological polar surface area (TPSA) is 72.2 Å². The Morgan fingerprint density at radius 1 is 1.32 bits per heavy atom. The SMILES string of the molecule is O=C(O)c1cn(CCF)c2nc3ccc(F)cc3cc2c1=O. The van der Waals surface area contributed by atoms with Gasteiger partial charge in [0.1, 0.15) is 23.7 Å². The quantitative estimate of drug-likeness (QED) is 0.754. The fourth-order valence-electron chi connectivity index (χ4n) is 2.36. The first-order valence-corrected chi connectivity index (χ1v) is 6.44. The summed E-state index contributed by atoms with van der Waals surface area (Å²) in [6.07, 6.45) is 1.08. The van der Waals surface area contributed by atoms with Crippen LogP contribution in [0.15, 0.2) is 35.3 Å². The lowest BCUT2D eigenvalue weighted by Crippen LogP contribution is -2.20. The molecule has 0 amide bonds. The van der Waals surface area contributed by atoms with Crippen LogP contribution in [0.1, 0.15) is 10.4 Å². The van der Waals surface area contributed by atoms with Gasteiger partial charge in [-0.3, -0.25) is 4.79 Å². The first kappa shape index (κ1) is 14.1. The van der Waals surface area contributed by atoms with E-state index >= 15 is 0 Å². The highest BCUT2D eigenvalue weighted by atomic mass is 19.1. The van der Waals surface area contributed by atoms with Gasteiger partial charge < -0.3 is 9.67 Å². The molecule has 0 aliphatic rings. The van der Waals surface area contributed by atoms with E-state index in [0.717, 1.165) is 6.20 Å². The molecule has 0 atom stereocenters. The number of halogens is 2. The summed E-state index contributed by atoms with van der Waals surface area (Å²) in [4.78, 5) is 27.6. The first-order chi connectivity index (χ1) is 10.5. The van der Waals surface area contributed by atoms with Crippen molar-refractivity contribution in [3.63, 3.8) is 0 Å². The molecule has 0 aliphatic carbocycles. The molecule has 0 radical (unpaired) electrons. The smallest absolute Gasteiger partial charge is 0.341 e. The normalized spacial score (nSPS) is 11.2. The van der Waals surface area contributed by atoms with E-state index in [9.17, 15) is 18.4 Å². The van der Waals surface area contributed by atoms with Crippen LogP contribution in [0, 0.1) is 5.82 Å². The summed E-state index contributed by atoms with van der Waals surface area (Å²) in [5, 5.41) is 9.48. The number of hydrogen-bond acceptors (Lipinski definition) is 3. The molecule has 0 aliphatic heterocycles. The minimum Gasteiger partial charge on any atom is -0.477 e. The number of carboxylic acid groups (broad SMARTS) is 1. The molecule has 2 aromatic heterocycles. The highest BCUT2D eigenvalue weighted by molar-refractivity contribution is 5.96. The van der Waals surface area contributed by atoms with Crippen molar-refractivity contribution in [1.29, 1.82) is 0 Å². The van der Waals surface area contributed by atoms with Crippen LogP contribution in [0.3, 0.4) is 0 Å². The molecule has 22 heavy (non-hydrogen) atoms. The Morgan fingerprint density at radius 3 is 2.77 bits per heavy atom. The molecule has 0 saturated carbocycles. The van der Waals surface area contributed by atoms with Gasteiger partial charge >= 0.3 is 5.97 Å². The number of carbonyl (C=O) groups is 1. The number of aromatic nitrogens is 2. The lowest BCUT2D eigenvalue weighted by atomic mass is 10.1. The molecule has 1 N–H and O–H groups in total. The maximum absolute atomic E-state index is 13.3. The summed E-state index contributed by atoms with van der Waals surface area (Å²) in [6, 6.07) is 5.25. The predicted molar refractivity (Wildman–Crippen MR) is 76.4 cm³/mol. The van der Waals surface area contributed by atoms with Gasteiger partial charge in [-0.25, -0.2) is 18.6 Å². The monoisotopic (exact) mass is 304 g/mol. The molecule has 7 heteroatoms. The lowest BCUT2D eigenvalue weighted by Gasteiger charge is -2.10. The maximum atomic E-state index is 13.3. The van der Waals surface area contributed by atoms with Crippen LogP contribution in [-0.4, -0.2) is 27.3 Å². The van der Waals surface area contributed by atoms with E-state index in [1.54, 1.807) is 0 Å². The first-order valence-electron chi connectivity index (χ1n) is 6.44. The molecule has 2 heterocycles. The van der Waals surface area contributed by atoms with E-state index in [2.05, 4.69) is 4.98 Å². The second-order valence-corrected chi connectivity index (χ2v) is 4.76. The molecule has 3 rings (SSSR count). The molecule has 0 unspecified atom stereocenters. The van der Waals surface area contributed by atoms with Crippen molar-refractivity contribution in [3.8, 4) is 0 Å². The molecule has 5 nitrogen and oxygen atoms in total. The molecule has 1 aromatic carbocycles. The number of nitrogens with zero attached hydrogens (tertiary/aromatic N) is 2. The highest BCUT2D eigenvalue weighted by Gasteiger charge is 2.16. The van der Waals surface area contributed by atoms with Crippen molar-refractivity contribution in [2.75, 3.05) is 6.67 Å². The van der Waals surface area contributed by atoms with Gasteiger partial charge in [0.15, 0.2) is 0 Å². The van der Waals surface area contributed by atoms with Crippen LogP contribution in [0.25, 0.3) is 21.9 Å². The molecule has 0 spiro atoms. The molecule has 112 valence electrons. The third kappa shape index (κ3) is 2.20. The summed E-state index contributed by atoms with van der Waals surface area (Å²) in [5.74, 6) is -1.90. The zero-order chi connectivity index (χ0) is 15.9. The highest BCUT2D eigenvalue weighted by Crippen LogP contribution is 2.19. The third-order valence-corrected chi connectivity index (χ3v) is 3.36. The zero-order valence-electron chi connectivity index (χ0n) is 11.2. The summed E-state index contributed by atoms with van der Waals surface area (Å²) < 4.78 is 27.3. The summed E-state index contributed by atoms with van der Waals surface area (Å²) in [6.45, 7) is -0.864. The number of aromatic carboxylic acids is 1. The predicted octanol–water partition coefficient (Wildman–Crippen LogP) is 2.36. The molecule has 3 aromatic rings. The number of alkyl halides is 1. The summed E-state index contributed by atoms with van der Waals surface area (Å²) in [5.41, 5.74) is -0.592. The number of benzene rings is 1. The number of carboxylic acids is 1. The van der Waals surface area contributed by atoms with Crippen molar-refractivity contribution in [2.24, 2.45) is 0 Å². The average molecular weight is 304 g/mol. The van der Waals surface area contributed by atoms with Gasteiger partial charge in [0, 0.05) is 11.6 Å². The number of hydrogen-bond donors (Lipinski definition) is 1. The van der Waals surface area contributed by atoms with Gasteiger partial charge in [0.2, 0.25) is 5.43 Å². The molecular weight excluding hydrogens is 294 g/mol. The fourth-order valence-corrected chi connectivity index (χ4v) is 2.36. The Kier molecular flexibility index (Phi) is 3.32. The largest absolute Gasteiger partial charge is 0.477 e. The Balaban J connectivity index is 2.47. The molecular formula is C15H10F2N2O3. The Hall–Kier alpha value is -2.83. The number of aryl methyl sites for hydroxylation is 1. The Bertz CT molecular complexity index is 966. The minimum atomic E-state index is -1.40. The second kappa shape index (κ2) is 5.18. The van der Waals surface area contributed by atoms with Crippen molar-refractivity contribution in [1.82, 2.24) is 9.55 Å². The number of fused-ring (bicyclic) bond motifs is 2. The number of rotatable bonds is 3. The van der Waals surface area contributed by atoms with Crippen LogP contribution < -0.4 is 5.43 Å². The van der Waals surface area contributed by atoms with Crippen molar-refractivity contribution >= 4 is 27.9 Å². The van der Waals surface area contributed by atoms with Gasteiger partial charge in [-0.05, 0) is 24.3 Å². The zero-order valence-corrected chi connectivity index (χ0v) is 11.2. The average Bonchev–Trinajstić information content (AvgIpc) is 2.48. The van der Waals surface area contributed by atoms with Crippen molar-refractivity contribution < 1.29 is 18.7 Å². The molecule has 0 fully saturated rings. The van der Waals surface area contributed by atoms with Gasteiger partial charge in [-0.2, -0.15) is 0 Å². The van der Waals surface area contributed by atoms with Crippen LogP contribution in [0.2, 0.25) is 0 Å². The third-order valence-electron chi connectivity index (χ3n) is 3.36. The van der Waals surface area contributed by atoms with Crippen LogP contribution in [-0.2, 0) is 6.54 Å². The summed E-state index contributed by atoms with van der Waals surface area (Å²) >= 11 is 0. The second-order valence-electron chi connectivity index (χ2n) is 4.76. The van der Waals surface area contributed by atoms with Crippen molar-refractivity contribution in [3.05, 3.63) is 52.1 Å². The standard InChI is InChI=1S/C15H10F2N2O3/c16-3-4-19-7-11(15(21)22)13(20)10-6-8-5-9(17)1-2-12(8)18-14(10)19/h1-2,5-7H,3-4H2,(H,21,22). The van der Waals surface area contributed by atoms with E-state index in [1.807, 2.05) is 0 Å². The van der Waals surface area contributed by atoms with Crippen LogP contribution in [0.4, 0.5) is 8.78 Å². The van der Waals surface area contributed by atoms with Gasteiger partial charge in [0.05, 0.1) is 17.4 Å². The van der Waals surface area contributed by atoms with E-state index in [-0.39, 0.29) is 17.6 Å². The van der Waals surface area contributed by atoms with Crippen LogP contribution in [0.5, 0.6) is 0 Å². The van der Waals surface area contributed by atoms with Gasteiger partial charge in [0.25, 0.3) is 0 Å². The van der Waals surface area contributed by atoms with E-state index in [1.165, 1.54) is 28.8 Å².